The van der Waals surface area contributed by atoms with Crippen molar-refractivity contribution in [3.05, 3.63) is 76.6 Å². The number of fused-ring (bicyclic) bond motifs is 1. The summed E-state index contributed by atoms with van der Waals surface area (Å²) in [6.07, 6.45) is 4.07. The van der Waals surface area contributed by atoms with Crippen LogP contribution in [0.4, 0.5) is 0 Å². The molecule has 7 nitrogen and oxygen atoms in total. The van der Waals surface area contributed by atoms with E-state index in [1.807, 2.05) is 6.92 Å². The molecule has 1 unspecified atom stereocenters. The van der Waals surface area contributed by atoms with Gasteiger partial charge >= 0.3 is 0 Å². The van der Waals surface area contributed by atoms with Crippen LogP contribution < -0.4 is 5.32 Å². The second-order valence-electron chi connectivity index (χ2n) is 8.02. The van der Waals surface area contributed by atoms with Gasteiger partial charge in [-0.25, -0.2) is 0 Å². The first-order chi connectivity index (χ1) is 14.5. The second kappa shape index (κ2) is 8.75. The van der Waals surface area contributed by atoms with Crippen molar-refractivity contribution >= 4 is 5.91 Å². The first-order valence-electron chi connectivity index (χ1n) is 10.4. The summed E-state index contributed by atoms with van der Waals surface area (Å²) in [5, 5.41) is 11.8. The van der Waals surface area contributed by atoms with Gasteiger partial charge in [-0.05, 0) is 44.0 Å². The molecule has 1 aromatic carbocycles. The third kappa shape index (κ3) is 4.41. The fourth-order valence-electron chi connectivity index (χ4n) is 3.92. The van der Waals surface area contributed by atoms with Crippen LogP contribution in [-0.2, 0) is 19.5 Å². The number of pyridine rings is 1. The number of carbonyl (C=O) groups is 1. The molecule has 1 amide bonds. The lowest BCUT2D eigenvalue weighted by Gasteiger charge is -2.21. The number of hydrogen-bond donors (Lipinski definition) is 1. The molecule has 1 atom stereocenters. The molecule has 0 saturated carbocycles. The van der Waals surface area contributed by atoms with Gasteiger partial charge in [-0.2, -0.15) is 0 Å². The lowest BCUT2D eigenvalue weighted by molar-refractivity contribution is 0.0937. The maximum absolute atomic E-state index is 12.5. The summed E-state index contributed by atoms with van der Waals surface area (Å²) >= 11 is 0. The van der Waals surface area contributed by atoms with E-state index in [0.717, 1.165) is 44.2 Å². The summed E-state index contributed by atoms with van der Waals surface area (Å²) in [5.41, 5.74) is 4.55. The molecule has 3 heterocycles. The Labute approximate surface area is 177 Å². The highest BCUT2D eigenvalue weighted by Gasteiger charge is 2.23. The van der Waals surface area contributed by atoms with Crippen molar-refractivity contribution in [3.8, 4) is 0 Å². The van der Waals surface area contributed by atoms with Crippen molar-refractivity contribution in [3.63, 3.8) is 0 Å². The number of benzene rings is 1. The average molecular weight is 405 g/mol. The molecular weight excluding hydrogens is 376 g/mol. The number of nitrogens with zero attached hydrogens (tertiary/aromatic N) is 5. The molecule has 0 saturated heterocycles. The summed E-state index contributed by atoms with van der Waals surface area (Å²) < 4.78 is 2.16. The number of rotatable bonds is 5. The number of nitrogens with one attached hydrogen (secondary N) is 1. The van der Waals surface area contributed by atoms with Crippen molar-refractivity contribution in [2.24, 2.45) is 0 Å². The van der Waals surface area contributed by atoms with E-state index in [1.54, 1.807) is 24.5 Å². The highest BCUT2D eigenvalue weighted by Crippen LogP contribution is 2.19. The molecular formula is C23H28N6O. The Morgan fingerprint density at radius 1 is 1.17 bits per heavy atom. The van der Waals surface area contributed by atoms with Crippen LogP contribution in [0, 0.1) is 13.8 Å². The third-order valence-electron chi connectivity index (χ3n) is 5.70. The van der Waals surface area contributed by atoms with Gasteiger partial charge in [0.1, 0.15) is 5.82 Å². The smallest absolute Gasteiger partial charge is 0.253 e. The molecule has 0 radical (unpaired) electrons. The number of amides is 1. The molecule has 2 aromatic heterocycles. The molecule has 156 valence electrons. The molecule has 0 spiro atoms. The van der Waals surface area contributed by atoms with Gasteiger partial charge < -0.3 is 9.88 Å². The van der Waals surface area contributed by atoms with Gasteiger partial charge in [-0.3, -0.25) is 14.7 Å². The SMILES string of the molecule is Cc1ccc(C)c(CN2CCc3nnc(C(C)NC(=O)c4cccnc4)n3CC2)c1. The highest BCUT2D eigenvalue weighted by molar-refractivity contribution is 5.94. The minimum atomic E-state index is -0.232. The van der Waals surface area contributed by atoms with Crippen molar-refractivity contribution in [2.75, 3.05) is 13.1 Å². The van der Waals surface area contributed by atoms with Crippen LogP contribution in [0.25, 0.3) is 0 Å². The van der Waals surface area contributed by atoms with E-state index < -0.39 is 0 Å². The molecule has 1 aliphatic heterocycles. The van der Waals surface area contributed by atoms with Crippen molar-refractivity contribution < 1.29 is 4.79 Å². The first-order valence-corrected chi connectivity index (χ1v) is 10.4. The monoisotopic (exact) mass is 404 g/mol. The van der Waals surface area contributed by atoms with E-state index in [0.29, 0.717) is 5.56 Å². The zero-order chi connectivity index (χ0) is 21.1. The Hall–Kier alpha value is -3.06. The van der Waals surface area contributed by atoms with Crippen LogP contribution in [-0.4, -0.2) is 43.6 Å². The molecule has 0 aliphatic carbocycles. The summed E-state index contributed by atoms with van der Waals surface area (Å²) in [4.78, 5) is 19.0. The Kier molecular flexibility index (Phi) is 5.90. The van der Waals surface area contributed by atoms with E-state index in [4.69, 9.17) is 0 Å². The van der Waals surface area contributed by atoms with Gasteiger partial charge in [-0.15, -0.1) is 10.2 Å². The normalized spacial score (nSPS) is 15.3. The molecule has 0 fully saturated rings. The molecule has 30 heavy (non-hydrogen) atoms. The molecule has 0 bridgehead atoms. The highest BCUT2D eigenvalue weighted by atomic mass is 16.1. The molecule has 7 heteroatoms. The van der Waals surface area contributed by atoms with Crippen LogP contribution in [0.2, 0.25) is 0 Å². The van der Waals surface area contributed by atoms with E-state index in [2.05, 4.69) is 62.0 Å². The largest absolute Gasteiger partial charge is 0.342 e. The third-order valence-corrected chi connectivity index (χ3v) is 5.70. The van der Waals surface area contributed by atoms with Gasteiger partial charge in [0.15, 0.2) is 5.82 Å². The van der Waals surface area contributed by atoms with Crippen molar-refractivity contribution in [2.45, 2.75) is 46.3 Å². The average Bonchev–Trinajstić information content (AvgIpc) is 3.06. The van der Waals surface area contributed by atoms with Gasteiger partial charge in [0, 0.05) is 45.0 Å². The first kappa shape index (κ1) is 20.2. The van der Waals surface area contributed by atoms with Crippen LogP contribution in [0.5, 0.6) is 0 Å². The Balaban J connectivity index is 1.43. The summed E-state index contributed by atoms with van der Waals surface area (Å²) in [5.74, 6) is 1.63. The fraction of sp³-hybridized carbons (Fsp3) is 0.391. The number of hydrogen-bond acceptors (Lipinski definition) is 5. The van der Waals surface area contributed by atoms with Crippen LogP contribution >= 0.6 is 0 Å². The lowest BCUT2D eigenvalue weighted by atomic mass is 10.1. The maximum atomic E-state index is 12.5. The van der Waals surface area contributed by atoms with Crippen LogP contribution in [0.1, 0.15) is 51.7 Å². The number of carbonyl (C=O) groups excluding carboxylic acids is 1. The predicted octanol–water partition coefficient (Wildman–Crippen LogP) is 2.84. The molecule has 3 aromatic rings. The minimum Gasteiger partial charge on any atom is -0.342 e. The van der Waals surface area contributed by atoms with Gasteiger partial charge in [0.05, 0.1) is 11.6 Å². The van der Waals surface area contributed by atoms with Crippen molar-refractivity contribution in [1.29, 1.82) is 0 Å². The summed E-state index contributed by atoms with van der Waals surface area (Å²) in [6.45, 7) is 9.89. The van der Waals surface area contributed by atoms with Crippen molar-refractivity contribution in [1.82, 2.24) is 30.0 Å². The van der Waals surface area contributed by atoms with E-state index >= 15 is 0 Å². The second-order valence-corrected chi connectivity index (χ2v) is 8.02. The lowest BCUT2D eigenvalue weighted by Crippen LogP contribution is -2.30. The zero-order valence-corrected chi connectivity index (χ0v) is 17.8. The predicted molar refractivity (Wildman–Crippen MR) is 115 cm³/mol. The maximum Gasteiger partial charge on any atom is 0.253 e. The number of aromatic nitrogens is 4. The minimum absolute atomic E-state index is 0.155. The van der Waals surface area contributed by atoms with Gasteiger partial charge in [-0.1, -0.05) is 23.8 Å². The van der Waals surface area contributed by atoms with Crippen LogP contribution in [0.3, 0.4) is 0 Å². The topological polar surface area (TPSA) is 75.9 Å². The molecule has 1 aliphatic rings. The number of aryl methyl sites for hydroxylation is 2. The zero-order valence-electron chi connectivity index (χ0n) is 17.8. The Morgan fingerprint density at radius 3 is 2.83 bits per heavy atom. The van der Waals surface area contributed by atoms with Gasteiger partial charge in [0.2, 0.25) is 0 Å². The van der Waals surface area contributed by atoms with E-state index in [-0.39, 0.29) is 11.9 Å². The fourth-order valence-corrected chi connectivity index (χ4v) is 3.92. The van der Waals surface area contributed by atoms with Gasteiger partial charge in [0.25, 0.3) is 5.91 Å². The molecule has 1 N–H and O–H groups in total. The quantitative estimate of drug-likeness (QED) is 0.708. The summed E-state index contributed by atoms with van der Waals surface area (Å²) in [7, 11) is 0. The Morgan fingerprint density at radius 2 is 2.03 bits per heavy atom. The van der Waals surface area contributed by atoms with Crippen LogP contribution in [0.15, 0.2) is 42.7 Å². The molecule has 4 rings (SSSR count). The van der Waals surface area contributed by atoms with E-state index in [1.165, 1.54) is 16.7 Å². The Bertz CT molecular complexity index is 1030. The van der Waals surface area contributed by atoms with E-state index in [9.17, 15) is 4.79 Å². The standard InChI is InChI=1S/C23H28N6O/c1-16-6-7-17(2)20(13-16)15-28-10-8-21-26-27-22(29(21)12-11-28)18(3)25-23(30)19-5-4-9-24-14-19/h4-7,9,13-14,18H,8,10-12,15H2,1-3H3,(H,25,30). The summed E-state index contributed by atoms with van der Waals surface area (Å²) in [6, 6.07) is 9.92.